The number of carbonyl (C=O) groups is 2. The molecule has 2 rings (SSSR count). The predicted molar refractivity (Wildman–Crippen MR) is 82.3 cm³/mol. The summed E-state index contributed by atoms with van der Waals surface area (Å²) in [5.41, 5.74) is 5.60. The maximum absolute atomic E-state index is 12.3. The molecule has 0 saturated carbocycles. The molecule has 1 aliphatic rings. The van der Waals surface area contributed by atoms with Gasteiger partial charge in [-0.15, -0.1) is 0 Å². The quantitative estimate of drug-likeness (QED) is 0.812. The Morgan fingerprint density at radius 1 is 1.48 bits per heavy atom. The number of likely N-dealkylation sites (tertiary alicyclic amines) is 1. The normalized spacial score (nSPS) is 24.2. The van der Waals surface area contributed by atoms with Crippen molar-refractivity contribution in [2.45, 2.75) is 51.4 Å². The van der Waals surface area contributed by atoms with E-state index in [2.05, 4.69) is 0 Å². The molecule has 1 fully saturated rings. The molecule has 1 aromatic rings. The molecule has 1 aromatic heterocycles. The van der Waals surface area contributed by atoms with Crippen LogP contribution in [0.3, 0.4) is 0 Å². The third-order valence-corrected chi connectivity index (χ3v) is 3.81. The highest BCUT2D eigenvalue weighted by atomic mass is 16.6. The second-order valence-electron chi connectivity index (χ2n) is 6.77. The predicted octanol–water partition coefficient (Wildman–Crippen LogP) is 1.74. The molecule has 3 N–H and O–H groups in total. The number of nitrogens with zero attached hydrogens (tertiary/aromatic N) is 1. The van der Waals surface area contributed by atoms with E-state index in [-0.39, 0.29) is 0 Å². The van der Waals surface area contributed by atoms with Crippen molar-refractivity contribution in [3.63, 3.8) is 0 Å². The molecule has 7 nitrogen and oxygen atoms in total. The van der Waals surface area contributed by atoms with Crippen molar-refractivity contribution < 1.29 is 23.8 Å². The van der Waals surface area contributed by atoms with Gasteiger partial charge in [-0.25, -0.2) is 0 Å². The minimum atomic E-state index is -1.06. The molecule has 0 radical (unpaired) electrons. The summed E-state index contributed by atoms with van der Waals surface area (Å²) in [5, 5.41) is 9.55. The van der Waals surface area contributed by atoms with E-state index in [1.165, 1.54) is 6.26 Å². The fraction of sp³-hybridized carbons (Fsp3) is 0.625. The molecule has 23 heavy (non-hydrogen) atoms. The number of nitrogens with two attached hydrogens (primary N) is 1. The zero-order valence-corrected chi connectivity index (χ0v) is 13.7. The van der Waals surface area contributed by atoms with Gasteiger partial charge in [0.15, 0.2) is 6.04 Å². The molecule has 0 aromatic carbocycles. The van der Waals surface area contributed by atoms with Gasteiger partial charge in [-0.05, 0) is 45.7 Å². The first-order valence-corrected chi connectivity index (χ1v) is 7.71. The van der Waals surface area contributed by atoms with Gasteiger partial charge in [0.25, 0.3) is 0 Å². The van der Waals surface area contributed by atoms with Crippen LogP contribution in [0.25, 0.3) is 0 Å². The van der Waals surface area contributed by atoms with Gasteiger partial charge in [-0.3, -0.25) is 14.5 Å². The largest absolute Gasteiger partial charge is 0.480 e. The smallest absolute Gasteiger partial charge is 0.328 e. The van der Waals surface area contributed by atoms with Gasteiger partial charge in [0.05, 0.1) is 18.3 Å². The standard InChI is InChI=1S/C16H24N2O5/c1-16(2,3)23-15(21)10-6-4-8-18(13(10)17)12(14(19)20)11-7-5-9-22-11/h5,7,9-10,12-13H,4,6,8,17H2,1-3H3,(H,19,20)/t10-,12+,13+/m0/s1. The summed E-state index contributed by atoms with van der Waals surface area (Å²) in [6.07, 6.45) is 1.94. The number of rotatable bonds is 4. The van der Waals surface area contributed by atoms with Crippen molar-refractivity contribution in [1.82, 2.24) is 4.90 Å². The van der Waals surface area contributed by atoms with Crippen LogP contribution in [0.1, 0.15) is 45.4 Å². The molecule has 0 unspecified atom stereocenters. The van der Waals surface area contributed by atoms with Gasteiger partial charge in [0.2, 0.25) is 0 Å². The van der Waals surface area contributed by atoms with E-state index in [4.69, 9.17) is 14.9 Å². The van der Waals surface area contributed by atoms with Gasteiger partial charge < -0.3 is 20.0 Å². The zero-order valence-electron chi connectivity index (χ0n) is 13.7. The van der Waals surface area contributed by atoms with Crippen molar-refractivity contribution in [2.24, 2.45) is 11.7 Å². The van der Waals surface area contributed by atoms with Crippen molar-refractivity contribution in [1.29, 1.82) is 0 Å². The molecule has 128 valence electrons. The highest BCUT2D eigenvalue weighted by Gasteiger charge is 2.42. The molecule has 1 aliphatic heterocycles. The molecule has 1 saturated heterocycles. The number of carboxylic acids is 1. The van der Waals surface area contributed by atoms with Crippen LogP contribution in [0.15, 0.2) is 22.8 Å². The van der Waals surface area contributed by atoms with Crippen molar-refractivity contribution in [2.75, 3.05) is 6.54 Å². The highest BCUT2D eigenvalue weighted by Crippen LogP contribution is 2.31. The van der Waals surface area contributed by atoms with E-state index in [9.17, 15) is 14.7 Å². The van der Waals surface area contributed by atoms with Crippen LogP contribution in [0.5, 0.6) is 0 Å². The van der Waals surface area contributed by atoms with E-state index < -0.39 is 35.7 Å². The van der Waals surface area contributed by atoms with Crippen LogP contribution in [0.4, 0.5) is 0 Å². The highest BCUT2D eigenvalue weighted by molar-refractivity contribution is 5.76. The molecule has 0 aliphatic carbocycles. The molecule has 0 bridgehead atoms. The molecule has 3 atom stereocenters. The average molecular weight is 324 g/mol. The molecular weight excluding hydrogens is 300 g/mol. The monoisotopic (exact) mass is 324 g/mol. The van der Waals surface area contributed by atoms with Crippen molar-refractivity contribution >= 4 is 11.9 Å². The number of ether oxygens (including phenoxy) is 1. The van der Waals surface area contributed by atoms with Crippen LogP contribution < -0.4 is 5.73 Å². The van der Waals surface area contributed by atoms with Crippen molar-refractivity contribution in [3.8, 4) is 0 Å². The number of carbonyl (C=O) groups excluding carboxylic acids is 1. The molecule has 0 amide bonds. The summed E-state index contributed by atoms with van der Waals surface area (Å²) in [5.74, 6) is -1.70. The summed E-state index contributed by atoms with van der Waals surface area (Å²) in [4.78, 5) is 25.6. The Morgan fingerprint density at radius 3 is 2.70 bits per heavy atom. The van der Waals surface area contributed by atoms with Gasteiger partial charge in [0.1, 0.15) is 11.4 Å². The van der Waals surface area contributed by atoms with Crippen LogP contribution in [0.2, 0.25) is 0 Å². The third-order valence-electron chi connectivity index (χ3n) is 3.81. The van der Waals surface area contributed by atoms with E-state index >= 15 is 0 Å². The fourth-order valence-corrected chi connectivity index (χ4v) is 2.85. The Labute approximate surface area is 135 Å². The Balaban J connectivity index is 2.19. The fourth-order valence-electron chi connectivity index (χ4n) is 2.85. The van der Waals surface area contributed by atoms with Gasteiger partial charge >= 0.3 is 11.9 Å². The van der Waals surface area contributed by atoms with Crippen LogP contribution in [-0.4, -0.2) is 40.3 Å². The number of carboxylic acid groups (broad SMARTS) is 1. The summed E-state index contributed by atoms with van der Waals surface area (Å²) >= 11 is 0. The lowest BCUT2D eigenvalue weighted by Crippen LogP contribution is -2.56. The van der Waals surface area contributed by atoms with E-state index in [1.807, 2.05) is 0 Å². The second-order valence-corrected chi connectivity index (χ2v) is 6.77. The first-order chi connectivity index (χ1) is 10.7. The van der Waals surface area contributed by atoms with Gasteiger partial charge in [-0.1, -0.05) is 0 Å². The lowest BCUT2D eigenvalue weighted by Gasteiger charge is -2.40. The maximum Gasteiger partial charge on any atom is 0.328 e. The number of furan rings is 1. The Hall–Kier alpha value is -1.86. The van der Waals surface area contributed by atoms with Crippen LogP contribution >= 0.6 is 0 Å². The first-order valence-electron chi connectivity index (χ1n) is 7.71. The minimum Gasteiger partial charge on any atom is -0.480 e. The molecule has 2 heterocycles. The number of piperidine rings is 1. The number of esters is 1. The Kier molecular flexibility index (Phi) is 5.11. The van der Waals surface area contributed by atoms with Gasteiger partial charge in [0, 0.05) is 6.54 Å². The van der Waals surface area contributed by atoms with E-state index in [0.29, 0.717) is 25.1 Å². The van der Waals surface area contributed by atoms with Crippen LogP contribution in [-0.2, 0) is 14.3 Å². The summed E-state index contributed by atoms with van der Waals surface area (Å²) in [6, 6.07) is 2.22. The molecule has 0 spiro atoms. The third kappa shape index (κ3) is 4.11. The van der Waals surface area contributed by atoms with Crippen LogP contribution in [0, 0.1) is 5.92 Å². The Bertz CT molecular complexity index is 549. The van der Waals surface area contributed by atoms with E-state index in [1.54, 1.807) is 37.8 Å². The van der Waals surface area contributed by atoms with Gasteiger partial charge in [-0.2, -0.15) is 0 Å². The molecule has 7 heteroatoms. The molecular formula is C16H24N2O5. The first kappa shape index (κ1) is 17.5. The average Bonchev–Trinajstić information content (AvgIpc) is 2.92. The summed E-state index contributed by atoms with van der Waals surface area (Å²) in [7, 11) is 0. The summed E-state index contributed by atoms with van der Waals surface area (Å²) < 4.78 is 10.7. The second kappa shape index (κ2) is 6.72. The zero-order chi connectivity index (χ0) is 17.2. The SMILES string of the molecule is CC(C)(C)OC(=O)[C@H]1CCCN([C@@H](C(=O)O)c2ccco2)[C@H]1N. The number of aliphatic carboxylic acids is 1. The lowest BCUT2D eigenvalue weighted by atomic mass is 9.92. The Morgan fingerprint density at radius 2 is 2.17 bits per heavy atom. The number of hydrogen-bond acceptors (Lipinski definition) is 6. The minimum absolute atomic E-state index is 0.304. The van der Waals surface area contributed by atoms with E-state index in [0.717, 1.165) is 0 Å². The maximum atomic E-state index is 12.3. The number of hydrogen-bond donors (Lipinski definition) is 2. The van der Waals surface area contributed by atoms with Crippen molar-refractivity contribution in [3.05, 3.63) is 24.2 Å². The lowest BCUT2D eigenvalue weighted by molar-refractivity contribution is -0.167. The topological polar surface area (TPSA) is 106 Å². The summed E-state index contributed by atoms with van der Waals surface area (Å²) in [6.45, 7) is 5.86.